The Hall–Kier alpha value is -2.57. The third kappa shape index (κ3) is 4.33. The number of esters is 1. The monoisotopic (exact) mass is 357 g/mol. The number of likely N-dealkylation sites (tertiary alicyclic amines) is 1. The number of guanidine groups is 1. The number of carbonyl (C=O) groups excluding carboxylic acids is 1. The zero-order valence-corrected chi connectivity index (χ0v) is 15.5. The van der Waals surface area contributed by atoms with Crippen LogP contribution in [0.1, 0.15) is 25.1 Å². The van der Waals surface area contributed by atoms with Gasteiger partial charge in [0.25, 0.3) is 0 Å². The molecule has 0 unspecified atom stereocenters. The largest absolute Gasteiger partial charge is 0.469 e. The van der Waals surface area contributed by atoms with Crippen molar-refractivity contribution in [2.75, 3.05) is 33.8 Å². The van der Waals surface area contributed by atoms with Gasteiger partial charge in [0, 0.05) is 33.1 Å². The number of rotatable bonds is 5. The van der Waals surface area contributed by atoms with Gasteiger partial charge in [0.15, 0.2) is 5.96 Å². The summed E-state index contributed by atoms with van der Waals surface area (Å²) in [7, 11) is 3.26. The van der Waals surface area contributed by atoms with Crippen LogP contribution in [0.2, 0.25) is 0 Å². The summed E-state index contributed by atoms with van der Waals surface area (Å²) in [6, 6.07) is 8.08. The zero-order chi connectivity index (χ0) is 18.4. The van der Waals surface area contributed by atoms with E-state index in [1.165, 1.54) is 7.11 Å². The molecule has 2 heterocycles. The van der Waals surface area contributed by atoms with Crippen LogP contribution in [0.4, 0.5) is 0 Å². The molecule has 0 spiro atoms. The molecule has 1 aromatic carbocycles. The second-order valence-corrected chi connectivity index (χ2v) is 6.56. The van der Waals surface area contributed by atoms with Crippen LogP contribution < -0.4 is 5.32 Å². The molecule has 1 aliphatic heterocycles. The van der Waals surface area contributed by atoms with Gasteiger partial charge in [-0.25, -0.2) is 4.98 Å². The van der Waals surface area contributed by atoms with E-state index in [1.807, 2.05) is 24.3 Å². The Morgan fingerprint density at radius 2 is 2.15 bits per heavy atom. The van der Waals surface area contributed by atoms with E-state index in [-0.39, 0.29) is 11.9 Å². The molecule has 0 saturated carbocycles. The molecule has 1 aromatic heterocycles. The summed E-state index contributed by atoms with van der Waals surface area (Å²) >= 11 is 0. The number of aromatic nitrogens is 2. The minimum absolute atomic E-state index is 0.0161. The molecule has 0 bridgehead atoms. The number of nitrogens with zero attached hydrogens (tertiary/aromatic N) is 3. The second-order valence-electron chi connectivity index (χ2n) is 6.56. The molecule has 0 radical (unpaired) electrons. The molecule has 2 N–H and O–H groups in total. The van der Waals surface area contributed by atoms with Gasteiger partial charge in [-0.1, -0.05) is 12.1 Å². The summed E-state index contributed by atoms with van der Waals surface area (Å²) in [6.45, 7) is 2.48. The Morgan fingerprint density at radius 3 is 2.85 bits per heavy atom. The van der Waals surface area contributed by atoms with Crippen molar-refractivity contribution in [1.29, 1.82) is 0 Å². The number of piperidine rings is 1. The smallest absolute Gasteiger partial charge is 0.308 e. The zero-order valence-electron chi connectivity index (χ0n) is 15.5. The highest BCUT2D eigenvalue weighted by atomic mass is 16.5. The summed E-state index contributed by atoms with van der Waals surface area (Å²) in [5, 5.41) is 3.42. The minimum atomic E-state index is -0.0987. The van der Waals surface area contributed by atoms with Crippen molar-refractivity contribution in [3.05, 3.63) is 30.1 Å². The highest BCUT2D eigenvalue weighted by Gasteiger charge is 2.26. The molecule has 140 valence electrons. The molecule has 0 aliphatic carbocycles. The molecule has 0 amide bonds. The first-order valence-corrected chi connectivity index (χ1v) is 9.18. The number of imidazole rings is 1. The molecule has 1 saturated heterocycles. The van der Waals surface area contributed by atoms with Gasteiger partial charge in [-0.05, 0) is 31.4 Å². The number of para-hydroxylation sites is 2. The van der Waals surface area contributed by atoms with E-state index >= 15 is 0 Å². The van der Waals surface area contributed by atoms with E-state index in [2.05, 4.69) is 25.2 Å². The number of fused-ring (bicyclic) bond motifs is 1. The average Bonchev–Trinajstić information content (AvgIpc) is 3.10. The van der Waals surface area contributed by atoms with E-state index in [0.29, 0.717) is 0 Å². The molecule has 7 nitrogen and oxygen atoms in total. The maximum atomic E-state index is 11.6. The van der Waals surface area contributed by atoms with Gasteiger partial charge in [-0.3, -0.25) is 9.79 Å². The number of nitrogens with one attached hydrogen (secondary N) is 2. The topological polar surface area (TPSA) is 82.6 Å². The van der Waals surface area contributed by atoms with Gasteiger partial charge in [-0.15, -0.1) is 0 Å². The number of ether oxygens (including phenoxy) is 1. The van der Waals surface area contributed by atoms with Gasteiger partial charge in [0.2, 0.25) is 0 Å². The van der Waals surface area contributed by atoms with E-state index in [4.69, 9.17) is 4.74 Å². The number of methoxy groups -OCH3 is 1. The van der Waals surface area contributed by atoms with Crippen molar-refractivity contribution in [2.45, 2.75) is 25.7 Å². The lowest BCUT2D eigenvalue weighted by Gasteiger charge is -2.33. The number of carbonyl (C=O) groups is 1. The molecule has 3 rings (SSSR count). The standard InChI is InChI=1S/C19H27N5O2/c1-20-19(24-12-9-14(10-13-24)18(25)26-2)21-11-5-8-17-22-15-6-3-4-7-16(15)23-17/h3-4,6-7,14H,5,8-13H2,1-2H3,(H,20,21)(H,22,23). The van der Waals surface area contributed by atoms with E-state index in [9.17, 15) is 4.79 Å². The molecular weight excluding hydrogens is 330 g/mol. The Labute approximate surface area is 153 Å². The lowest BCUT2D eigenvalue weighted by Crippen LogP contribution is -2.46. The van der Waals surface area contributed by atoms with Crippen molar-refractivity contribution >= 4 is 23.0 Å². The van der Waals surface area contributed by atoms with Gasteiger partial charge in [0.1, 0.15) is 5.82 Å². The van der Waals surface area contributed by atoms with Crippen LogP contribution in [0.15, 0.2) is 29.3 Å². The minimum Gasteiger partial charge on any atom is -0.469 e. The van der Waals surface area contributed by atoms with Gasteiger partial charge in [0.05, 0.1) is 24.1 Å². The summed E-state index contributed by atoms with van der Waals surface area (Å²) in [5.41, 5.74) is 2.10. The number of aryl methyl sites for hydroxylation is 1. The Bertz CT molecular complexity index is 729. The normalized spacial score (nSPS) is 16.1. The average molecular weight is 357 g/mol. The van der Waals surface area contributed by atoms with Gasteiger partial charge in [-0.2, -0.15) is 0 Å². The molecule has 7 heteroatoms. The number of aliphatic imine (C=N–C) groups is 1. The number of hydrogen-bond acceptors (Lipinski definition) is 4. The molecule has 0 atom stereocenters. The number of benzene rings is 1. The molecule has 2 aromatic rings. The van der Waals surface area contributed by atoms with Crippen molar-refractivity contribution in [3.63, 3.8) is 0 Å². The quantitative estimate of drug-likeness (QED) is 0.370. The molecule has 1 fully saturated rings. The lowest BCUT2D eigenvalue weighted by atomic mass is 9.97. The van der Waals surface area contributed by atoms with Crippen LogP contribution in [0.5, 0.6) is 0 Å². The van der Waals surface area contributed by atoms with Gasteiger partial charge >= 0.3 is 5.97 Å². The summed E-state index contributed by atoms with van der Waals surface area (Å²) in [5.74, 6) is 1.83. The van der Waals surface area contributed by atoms with Crippen molar-refractivity contribution in [2.24, 2.45) is 10.9 Å². The lowest BCUT2D eigenvalue weighted by molar-refractivity contribution is -0.146. The molecule has 26 heavy (non-hydrogen) atoms. The van der Waals surface area contributed by atoms with Crippen molar-refractivity contribution in [1.82, 2.24) is 20.2 Å². The fourth-order valence-electron chi connectivity index (χ4n) is 3.41. The van der Waals surface area contributed by atoms with E-state index in [0.717, 1.165) is 68.1 Å². The van der Waals surface area contributed by atoms with Crippen molar-refractivity contribution < 1.29 is 9.53 Å². The van der Waals surface area contributed by atoms with Gasteiger partial charge < -0.3 is 19.9 Å². The Kier molecular flexibility index (Phi) is 6.09. The summed E-state index contributed by atoms with van der Waals surface area (Å²) in [4.78, 5) is 26.2. The van der Waals surface area contributed by atoms with Crippen LogP contribution in [0.3, 0.4) is 0 Å². The fourth-order valence-corrected chi connectivity index (χ4v) is 3.41. The first kappa shape index (κ1) is 18.2. The maximum absolute atomic E-state index is 11.6. The van der Waals surface area contributed by atoms with Crippen molar-refractivity contribution in [3.8, 4) is 0 Å². The fraction of sp³-hybridized carbons (Fsp3) is 0.526. The van der Waals surface area contributed by atoms with Crippen LogP contribution >= 0.6 is 0 Å². The maximum Gasteiger partial charge on any atom is 0.308 e. The third-order valence-electron chi connectivity index (χ3n) is 4.85. The van der Waals surface area contributed by atoms with E-state index < -0.39 is 0 Å². The van der Waals surface area contributed by atoms with Crippen LogP contribution in [0, 0.1) is 5.92 Å². The first-order chi connectivity index (χ1) is 12.7. The number of H-pyrrole nitrogens is 1. The highest BCUT2D eigenvalue weighted by molar-refractivity contribution is 5.80. The third-order valence-corrected chi connectivity index (χ3v) is 4.85. The Morgan fingerprint density at radius 1 is 1.38 bits per heavy atom. The number of aromatic amines is 1. The van der Waals surface area contributed by atoms with Crippen LogP contribution in [-0.4, -0.2) is 60.6 Å². The summed E-state index contributed by atoms with van der Waals surface area (Å²) in [6.07, 6.45) is 3.49. The van der Waals surface area contributed by atoms with E-state index in [1.54, 1.807) is 7.05 Å². The summed E-state index contributed by atoms with van der Waals surface area (Å²) < 4.78 is 4.84. The Balaban J connectivity index is 1.42. The predicted molar refractivity (Wildman–Crippen MR) is 102 cm³/mol. The second kappa shape index (κ2) is 8.69. The SMILES string of the molecule is CN=C(NCCCc1nc2ccccc2[nH]1)N1CCC(C(=O)OC)CC1. The molecular formula is C19H27N5O2. The predicted octanol–water partition coefficient (Wildman–Crippen LogP) is 1.96. The van der Waals surface area contributed by atoms with Crippen LogP contribution in [-0.2, 0) is 16.0 Å². The first-order valence-electron chi connectivity index (χ1n) is 9.18. The number of hydrogen-bond donors (Lipinski definition) is 2. The molecule has 1 aliphatic rings. The highest BCUT2D eigenvalue weighted by Crippen LogP contribution is 2.18. The van der Waals surface area contributed by atoms with Crippen LogP contribution in [0.25, 0.3) is 11.0 Å².